The van der Waals surface area contributed by atoms with Gasteiger partial charge in [-0.05, 0) is 17.7 Å². The van der Waals surface area contributed by atoms with Gasteiger partial charge in [-0.1, -0.05) is 66.7 Å². The van der Waals surface area contributed by atoms with Crippen molar-refractivity contribution < 1.29 is 20.1 Å². The third-order valence-corrected chi connectivity index (χ3v) is 4.16. The minimum Gasteiger partial charge on any atom is -0.508 e. The van der Waals surface area contributed by atoms with Crippen LogP contribution in [0.3, 0.4) is 0 Å². The van der Waals surface area contributed by atoms with E-state index in [4.69, 9.17) is 4.74 Å². The number of rotatable bonds is 6. The minimum absolute atomic E-state index is 0.0392. The summed E-state index contributed by atoms with van der Waals surface area (Å²) in [5, 5.41) is 30.4. The summed E-state index contributed by atoms with van der Waals surface area (Å²) < 4.78 is 6.13. The Morgan fingerprint density at radius 3 is 1.64 bits per heavy atom. The van der Waals surface area contributed by atoms with Crippen LogP contribution in [-0.2, 0) is 10.3 Å². The quantitative estimate of drug-likeness (QED) is 0.604. The number of benzene rings is 3. The lowest BCUT2D eigenvalue weighted by Crippen LogP contribution is -2.34. The van der Waals surface area contributed by atoms with Gasteiger partial charge in [0.1, 0.15) is 11.5 Å². The Balaban J connectivity index is 2.36. The van der Waals surface area contributed by atoms with Crippen LogP contribution in [0.1, 0.15) is 16.7 Å². The maximum atomic E-state index is 10.5. The number of hydrogen-bond acceptors (Lipinski definition) is 4. The van der Waals surface area contributed by atoms with Gasteiger partial charge in [0, 0.05) is 11.1 Å². The smallest absolute Gasteiger partial charge is 0.150 e. The van der Waals surface area contributed by atoms with Crippen LogP contribution in [0.5, 0.6) is 11.5 Å². The molecule has 0 amide bonds. The third kappa shape index (κ3) is 3.09. The summed E-state index contributed by atoms with van der Waals surface area (Å²) in [6.45, 7) is -0.145. The second-order valence-electron chi connectivity index (χ2n) is 5.65. The summed E-state index contributed by atoms with van der Waals surface area (Å²) in [4.78, 5) is 0. The van der Waals surface area contributed by atoms with Crippen molar-refractivity contribution in [3.05, 3.63) is 95.6 Å². The molecule has 3 aromatic rings. The molecule has 0 unspecified atom stereocenters. The SMILES string of the molecule is OCCOC(c1ccccc1)(c1ccccc1O)c1ccccc1O. The highest BCUT2D eigenvalue weighted by atomic mass is 16.5. The predicted molar refractivity (Wildman–Crippen MR) is 95.6 cm³/mol. The molecule has 0 saturated heterocycles. The Kier molecular flexibility index (Phi) is 5.03. The van der Waals surface area contributed by atoms with Crippen LogP contribution in [0.25, 0.3) is 0 Å². The monoisotopic (exact) mass is 336 g/mol. The molecular formula is C21H20O4. The topological polar surface area (TPSA) is 69.9 Å². The average Bonchev–Trinajstić information content (AvgIpc) is 2.65. The first-order valence-corrected chi connectivity index (χ1v) is 8.07. The molecule has 0 atom stereocenters. The number of hydrogen-bond donors (Lipinski definition) is 3. The van der Waals surface area contributed by atoms with Crippen LogP contribution in [0.15, 0.2) is 78.9 Å². The molecule has 0 aromatic heterocycles. The largest absolute Gasteiger partial charge is 0.508 e. The zero-order chi connectivity index (χ0) is 17.7. The Morgan fingerprint density at radius 1 is 0.680 bits per heavy atom. The number of aromatic hydroxyl groups is 2. The van der Waals surface area contributed by atoms with Crippen molar-refractivity contribution in [2.75, 3.05) is 13.2 Å². The summed E-state index contributed by atoms with van der Waals surface area (Å²) in [7, 11) is 0. The molecule has 0 aliphatic rings. The van der Waals surface area contributed by atoms with Crippen LogP contribution >= 0.6 is 0 Å². The van der Waals surface area contributed by atoms with Gasteiger partial charge in [0.05, 0.1) is 13.2 Å². The van der Waals surface area contributed by atoms with Gasteiger partial charge in [0.2, 0.25) is 0 Å². The lowest BCUT2D eigenvalue weighted by Gasteiger charge is -2.36. The number of aliphatic hydroxyl groups excluding tert-OH is 1. The van der Waals surface area contributed by atoms with Crippen molar-refractivity contribution in [1.29, 1.82) is 0 Å². The zero-order valence-electron chi connectivity index (χ0n) is 13.7. The Bertz CT molecular complexity index is 785. The standard InChI is InChI=1S/C21H20O4/c22-14-15-25-21(16-8-2-1-3-9-16,17-10-4-6-12-19(17)23)18-11-5-7-13-20(18)24/h1-13,22-24H,14-15H2. The molecule has 0 spiro atoms. The molecular weight excluding hydrogens is 316 g/mol. The summed E-state index contributed by atoms with van der Waals surface area (Å²) in [6, 6.07) is 23.1. The molecule has 4 nitrogen and oxygen atoms in total. The normalized spacial score (nSPS) is 11.4. The number of aliphatic hydroxyl groups is 1. The molecule has 128 valence electrons. The van der Waals surface area contributed by atoms with E-state index < -0.39 is 5.60 Å². The van der Waals surface area contributed by atoms with E-state index in [0.717, 1.165) is 5.56 Å². The summed E-state index contributed by atoms with van der Waals surface area (Å²) in [5.74, 6) is 0.0973. The van der Waals surface area contributed by atoms with Gasteiger partial charge < -0.3 is 20.1 Å². The number of para-hydroxylation sites is 2. The van der Waals surface area contributed by atoms with Crippen LogP contribution < -0.4 is 0 Å². The molecule has 0 heterocycles. The van der Waals surface area contributed by atoms with Crippen molar-refractivity contribution in [2.24, 2.45) is 0 Å². The molecule has 0 fully saturated rings. The Morgan fingerprint density at radius 2 is 1.16 bits per heavy atom. The van der Waals surface area contributed by atoms with Crippen molar-refractivity contribution in [3.8, 4) is 11.5 Å². The molecule has 0 aliphatic carbocycles. The van der Waals surface area contributed by atoms with E-state index in [1.165, 1.54) is 0 Å². The van der Waals surface area contributed by atoms with Gasteiger partial charge in [-0.3, -0.25) is 0 Å². The fourth-order valence-corrected chi connectivity index (χ4v) is 3.11. The van der Waals surface area contributed by atoms with E-state index in [2.05, 4.69) is 0 Å². The lowest BCUT2D eigenvalue weighted by molar-refractivity contribution is -0.00892. The first-order chi connectivity index (χ1) is 12.2. The zero-order valence-corrected chi connectivity index (χ0v) is 13.7. The molecule has 4 heteroatoms. The highest BCUT2D eigenvalue weighted by Gasteiger charge is 2.41. The highest BCUT2D eigenvalue weighted by molar-refractivity contribution is 5.56. The van der Waals surface area contributed by atoms with E-state index in [1.807, 2.05) is 30.3 Å². The van der Waals surface area contributed by atoms with E-state index >= 15 is 0 Å². The summed E-state index contributed by atoms with van der Waals surface area (Å²) in [6.07, 6.45) is 0. The average molecular weight is 336 g/mol. The third-order valence-electron chi connectivity index (χ3n) is 4.16. The van der Waals surface area contributed by atoms with Crippen LogP contribution in [0, 0.1) is 0 Å². The molecule has 3 aromatic carbocycles. The number of phenolic OH excluding ortho intramolecular Hbond substituents is 2. The van der Waals surface area contributed by atoms with E-state index in [9.17, 15) is 15.3 Å². The predicted octanol–water partition coefficient (Wildman–Crippen LogP) is 3.40. The second kappa shape index (κ2) is 7.38. The maximum Gasteiger partial charge on any atom is 0.150 e. The van der Waals surface area contributed by atoms with Gasteiger partial charge in [0.25, 0.3) is 0 Å². The maximum absolute atomic E-state index is 10.5. The highest BCUT2D eigenvalue weighted by Crippen LogP contribution is 2.46. The number of phenols is 2. The minimum atomic E-state index is -1.25. The van der Waals surface area contributed by atoms with Crippen LogP contribution in [0.4, 0.5) is 0 Å². The molecule has 3 rings (SSSR count). The van der Waals surface area contributed by atoms with Crippen LogP contribution in [0.2, 0.25) is 0 Å². The van der Waals surface area contributed by atoms with Gasteiger partial charge in [-0.2, -0.15) is 0 Å². The fourth-order valence-electron chi connectivity index (χ4n) is 3.11. The van der Waals surface area contributed by atoms with Gasteiger partial charge in [-0.25, -0.2) is 0 Å². The van der Waals surface area contributed by atoms with E-state index in [0.29, 0.717) is 11.1 Å². The summed E-state index contributed by atoms with van der Waals surface area (Å²) in [5.41, 5.74) is 0.486. The molecule has 0 bridgehead atoms. The first kappa shape index (κ1) is 17.0. The molecule has 3 N–H and O–H groups in total. The van der Waals surface area contributed by atoms with Crippen LogP contribution in [-0.4, -0.2) is 28.5 Å². The van der Waals surface area contributed by atoms with Crippen molar-refractivity contribution in [3.63, 3.8) is 0 Å². The summed E-state index contributed by atoms with van der Waals surface area (Å²) >= 11 is 0. The molecule has 0 aliphatic heterocycles. The molecule has 0 saturated carbocycles. The first-order valence-electron chi connectivity index (χ1n) is 8.07. The van der Waals surface area contributed by atoms with Crippen molar-refractivity contribution >= 4 is 0 Å². The second-order valence-corrected chi connectivity index (χ2v) is 5.65. The molecule has 0 radical (unpaired) electrons. The Labute approximate surface area is 146 Å². The van der Waals surface area contributed by atoms with Crippen molar-refractivity contribution in [2.45, 2.75) is 5.60 Å². The fraction of sp³-hybridized carbons (Fsp3) is 0.143. The molecule has 25 heavy (non-hydrogen) atoms. The number of ether oxygens (including phenoxy) is 1. The van der Waals surface area contributed by atoms with Gasteiger partial charge in [0.15, 0.2) is 5.60 Å². The van der Waals surface area contributed by atoms with Gasteiger partial charge in [-0.15, -0.1) is 0 Å². The van der Waals surface area contributed by atoms with E-state index in [1.54, 1.807) is 48.5 Å². The lowest BCUT2D eigenvalue weighted by atomic mass is 9.79. The van der Waals surface area contributed by atoms with Gasteiger partial charge >= 0.3 is 0 Å². The van der Waals surface area contributed by atoms with E-state index in [-0.39, 0.29) is 24.7 Å². The van der Waals surface area contributed by atoms with Crippen molar-refractivity contribution in [1.82, 2.24) is 0 Å². The Hall–Kier alpha value is -2.82.